The van der Waals surface area contributed by atoms with E-state index in [1.165, 1.54) is 0 Å². The van der Waals surface area contributed by atoms with Crippen LogP contribution < -0.4 is 0 Å². The van der Waals surface area contributed by atoms with Gasteiger partial charge in [-0.1, -0.05) is 24.3 Å². The third kappa shape index (κ3) is 3.55. The van der Waals surface area contributed by atoms with Gasteiger partial charge in [-0.2, -0.15) is 0 Å². The van der Waals surface area contributed by atoms with Gasteiger partial charge in [0.15, 0.2) is 5.78 Å². The number of amides is 1. The first kappa shape index (κ1) is 19.4. The van der Waals surface area contributed by atoms with Crippen molar-refractivity contribution in [3.63, 3.8) is 0 Å². The van der Waals surface area contributed by atoms with Crippen LogP contribution in [0, 0.1) is 5.41 Å². The minimum Gasteiger partial charge on any atom is -0.418 e. The minimum absolute atomic E-state index is 0.0176. The summed E-state index contributed by atoms with van der Waals surface area (Å²) in [6.45, 7) is 9.54. The average molecular weight is 386 g/mol. The lowest BCUT2D eigenvalue weighted by Gasteiger charge is -2.42. The van der Waals surface area contributed by atoms with Crippen LogP contribution in [-0.2, 0) is 15.9 Å². The molecule has 6 heteroatoms. The second-order valence-corrected chi connectivity index (χ2v) is 9.23. The second-order valence-electron chi connectivity index (χ2n) is 9.23. The van der Waals surface area contributed by atoms with Crippen LogP contribution in [0.3, 0.4) is 0 Å². The number of hydrogen-bond acceptors (Lipinski definition) is 5. The van der Waals surface area contributed by atoms with Gasteiger partial charge >= 0.3 is 6.09 Å². The molecule has 1 atom stereocenters. The highest BCUT2D eigenvalue weighted by Crippen LogP contribution is 2.44. The van der Waals surface area contributed by atoms with Crippen molar-refractivity contribution in [3.8, 4) is 0 Å². The van der Waals surface area contributed by atoms with E-state index in [0.29, 0.717) is 39.1 Å². The Morgan fingerprint density at radius 1 is 1.18 bits per heavy atom. The van der Waals surface area contributed by atoms with E-state index in [4.69, 9.17) is 9.47 Å². The maximum Gasteiger partial charge on any atom is 0.412 e. The van der Waals surface area contributed by atoms with E-state index >= 15 is 0 Å². The number of hydrogen-bond donors (Lipinski definition) is 0. The summed E-state index contributed by atoms with van der Waals surface area (Å²) < 4.78 is 11.3. The van der Waals surface area contributed by atoms with Gasteiger partial charge in [0.05, 0.1) is 13.2 Å². The Balaban J connectivity index is 1.33. The highest BCUT2D eigenvalue weighted by atomic mass is 16.7. The molecule has 0 N–H and O–H groups in total. The fraction of sp³-hybridized carbons (Fsp3) is 0.636. The monoisotopic (exact) mass is 386 g/mol. The van der Waals surface area contributed by atoms with Crippen molar-refractivity contribution in [2.24, 2.45) is 5.41 Å². The molecule has 1 aliphatic carbocycles. The molecule has 2 heterocycles. The van der Waals surface area contributed by atoms with Crippen molar-refractivity contribution in [1.29, 1.82) is 0 Å². The lowest BCUT2D eigenvalue weighted by molar-refractivity contribution is -0.166. The Morgan fingerprint density at radius 2 is 1.89 bits per heavy atom. The number of carbonyl (C=O) groups excluding carboxylic acids is 2. The number of Topliss-reactive ketones (excluding diaryl/α,β-unsaturated/α-hetero) is 1. The molecule has 2 aliphatic heterocycles. The average Bonchev–Trinajstić information content (AvgIpc) is 2.94. The van der Waals surface area contributed by atoms with Crippen molar-refractivity contribution in [1.82, 2.24) is 9.80 Å². The van der Waals surface area contributed by atoms with Crippen LogP contribution in [0.2, 0.25) is 0 Å². The number of nitrogens with zero attached hydrogens (tertiary/aromatic N) is 2. The van der Waals surface area contributed by atoms with E-state index in [-0.39, 0.29) is 22.8 Å². The molecule has 1 amide bonds. The first-order chi connectivity index (χ1) is 13.3. The second kappa shape index (κ2) is 7.16. The SMILES string of the molecule is CC(C)(C)N1CCOC(OC(=O)N2CCC3(CC2)Cc2ccccc2C3=O)C1. The van der Waals surface area contributed by atoms with E-state index in [2.05, 4.69) is 25.7 Å². The maximum absolute atomic E-state index is 12.9. The van der Waals surface area contributed by atoms with Crippen molar-refractivity contribution in [2.75, 3.05) is 32.8 Å². The predicted octanol–water partition coefficient (Wildman–Crippen LogP) is 3.10. The largest absolute Gasteiger partial charge is 0.418 e. The van der Waals surface area contributed by atoms with Crippen LogP contribution in [0.25, 0.3) is 0 Å². The highest BCUT2D eigenvalue weighted by Gasteiger charge is 2.47. The topological polar surface area (TPSA) is 59.1 Å². The minimum atomic E-state index is -0.534. The summed E-state index contributed by atoms with van der Waals surface area (Å²) in [5.41, 5.74) is 1.67. The van der Waals surface area contributed by atoms with E-state index in [0.717, 1.165) is 24.1 Å². The number of fused-ring (bicyclic) bond motifs is 1. The Bertz CT molecular complexity index is 762. The third-order valence-corrected chi connectivity index (χ3v) is 6.47. The summed E-state index contributed by atoms with van der Waals surface area (Å²) in [5.74, 6) is 0.243. The summed E-state index contributed by atoms with van der Waals surface area (Å²) in [6.07, 6.45) is 1.30. The Morgan fingerprint density at radius 3 is 2.57 bits per heavy atom. The number of rotatable bonds is 1. The fourth-order valence-corrected chi connectivity index (χ4v) is 4.63. The lowest BCUT2D eigenvalue weighted by Crippen LogP contribution is -2.53. The third-order valence-electron chi connectivity index (χ3n) is 6.47. The predicted molar refractivity (Wildman–Crippen MR) is 105 cm³/mol. The molecule has 2 fully saturated rings. The first-order valence-electron chi connectivity index (χ1n) is 10.2. The summed E-state index contributed by atoms with van der Waals surface area (Å²) in [4.78, 5) is 29.6. The number of ether oxygens (including phenoxy) is 2. The van der Waals surface area contributed by atoms with Crippen LogP contribution in [0.15, 0.2) is 24.3 Å². The summed E-state index contributed by atoms with van der Waals surface area (Å²) in [6, 6.07) is 7.88. The lowest BCUT2D eigenvalue weighted by atomic mass is 9.75. The van der Waals surface area contributed by atoms with Crippen LogP contribution in [-0.4, -0.2) is 66.3 Å². The molecule has 28 heavy (non-hydrogen) atoms. The standard InChI is InChI=1S/C22H30N2O4/c1-21(2,3)24-12-13-27-18(15-24)28-20(26)23-10-8-22(9-11-23)14-16-6-4-5-7-17(16)19(22)25/h4-7,18H,8-15H2,1-3H3. The number of benzene rings is 1. The van der Waals surface area contributed by atoms with Gasteiger partial charge in [0.25, 0.3) is 0 Å². The molecule has 0 aromatic heterocycles. The zero-order chi connectivity index (χ0) is 19.9. The molecule has 0 radical (unpaired) electrons. The van der Waals surface area contributed by atoms with Crippen molar-refractivity contribution >= 4 is 11.9 Å². The van der Waals surface area contributed by atoms with Gasteiger partial charge in [0.2, 0.25) is 6.29 Å². The Hall–Kier alpha value is -1.92. The molecular formula is C22H30N2O4. The molecule has 4 rings (SSSR count). The molecule has 0 bridgehead atoms. The zero-order valence-electron chi connectivity index (χ0n) is 17.1. The molecule has 0 saturated carbocycles. The fourth-order valence-electron chi connectivity index (χ4n) is 4.63. The molecule has 3 aliphatic rings. The normalized spacial score (nSPS) is 25.0. The number of morpholine rings is 1. The van der Waals surface area contributed by atoms with Gasteiger partial charge in [0.1, 0.15) is 0 Å². The molecule has 1 unspecified atom stereocenters. The molecule has 152 valence electrons. The van der Waals surface area contributed by atoms with Crippen LogP contribution in [0.5, 0.6) is 0 Å². The summed E-state index contributed by atoms with van der Waals surface area (Å²) >= 11 is 0. The van der Waals surface area contributed by atoms with Crippen LogP contribution in [0.4, 0.5) is 4.79 Å². The number of piperidine rings is 1. The quantitative estimate of drug-likeness (QED) is 0.742. The zero-order valence-corrected chi connectivity index (χ0v) is 17.1. The highest BCUT2D eigenvalue weighted by molar-refractivity contribution is 6.05. The molecule has 1 aromatic rings. The number of likely N-dealkylation sites (tertiary alicyclic amines) is 1. The van der Waals surface area contributed by atoms with E-state index < -0.39 is 6.29 Å². The van der Waals surface area contributed by atoms with Crippen LogP contribution >= 0.6 is 0 Å². The smallest absolute Gasteiger partial charge is 0.412 e. The maximum atomic E-state index is 12.9. The van der Waals surface area contributed by atoms with E-state index in [9.17, 15) is 9.59 Å². The van der Waals surface area contributed by atoms with Gasteiger partial charge in [0, 0.05) is 36.2 Å². The molecule has 1 aromatic carbocycles. The van der Waals surface area contributed by atoms with Gasteiger partial charge < -0.3 is 14.4 Å². The summed E-state index contributed by atoms with van der Waals surface area (Å²) in [5, 5.41) is 0. The summed E-state index contributed by atoms with van der Waals surface area (Å²) in [7, 11) is 0. The van der Waals surface area contributed by atoms with Crippen LogP contribution in [0.1, 0.15) is 49.5 Å². The van der Waals surface area contributed by atoms with E-state index in [1.54, 1.807) is 4.90 Å². The molecule has 1 spiro atoms. The van der Waals surface area contributed by atoms with Crippen molar-refractivity contribution in [3.05, 3.63) is 35.4 Å². The Labute approximate surface area is 166 Å². The van der Waals surface area contributed by atoms with Gasteiger partial charge in [-0.25, -0.2) is 4.79 Å². The Kier molecular flexibility index (Phi) is 4.96. The van der Waals surface area contributed by atoms with Gasteiger partial charge in [-0.15, -0.1) is 0 Å². The number of carbonyl (C=O) groups is 2. The molecular weight excluding hydrogens is 356 g/mol. The van der Waals surface area contributed by atoms with Gasteiger partial charge in [-0.05, 0) is 45.6 Å². The van der Waals surface area contributed by atoms with Crippen molar-refractivity contribution in [2.45, 2.75) is 51.9 Å². The molecule has 6 nitrogen and oxygen atoms in total. The van der Waals surface area contributed by atoms with E-state index in [1.807, 2.05) is 24.3 Å². The first-order valence-corrected chi connectivity index (χ1v) is 10.2. The van der Waals surface area contributed by atoms with Crippen molar-refractivity contribution < 1.29 is 19.1 Å². The molecule has 2 saturated heterocycles. The van der Waals surface area contributed by atoms with Gasteiger partial charge in [-0.3, -0.25) is 9.69 Å². The number of ketones is 1.